The highest BCUT2D eigenvalue weighted by molar-refractivity contribution is 7.90. The summed E-state index contributed by atoms with van der Waals surface area (Å²) >= 11 is 0. The highest BCUT2D eigenvalue weighted by atomic mass is 32.2. The Morgan fingerprint density at radius 1 is 0.841 bits per heavy atom. The van der Waals surface area contributed by atoms with Gasteiger partial charge in [-0.05, 0) is 30.4 Å². The van der Waals surface area contributed by atoms with E-state index in [9.17, 15) is 13.2 Å². The van der Waals surface area contributed by atoms with E-state index in [4.69, 9.17) is 28.4 Å². The van der Waals surface area contributed by atoms with Crippen molar-refractivity contribution in [2.24, 2.45) is 0 Å². The molecule has 1 aliphatic rings. The minimum Gasteiger partial charge on any atom is -0.493 e. The van der Waals surface area contributed by atoms with E-state index >= 15 is 0 Å². The van der Waals surface area contributed by atoms with E-state index < -0.39 is 28.3 Å². The second-order valence-corrected chi connectivity index (χ2v) is 11.8. The maximum Gasteiger partial charge on any atom is 0.324 e. The summed E-state index contributed by atoms with van der Waals surface area (Å²) in [7, 11) is 0.166. The monoisotopic (exact) mass is 628 g/mol. The number of ether oxygens (including phenoxy) is 6. The minimum atomic E-state index is -4.17. The first-order chi connectivity index (χ1) is 21.3. The van der Waals surface area contributed by atoms with Crippen molar-refractivity contribution in [2.45, 2.75) is 44.6 Å². The molecule has 0 saturated carbocycles. The first-order valence-corrected chi connectivity index (χ1v) is 15.8. The van der Waals surface area contributed by atoms with Crippen LogP contribution in [0.25, 0.3) is 0 Å². The number of nitrogens with one attached hydrogen (secondary N) is 1. The van der Waals surface area contributed by atoms with Gasteiger partial charge in [0.15, 0.2) is 11.5 Å². The first-order valence-electron chi connectivity index (χ1n) is 14.4. The molecule has 0 spiro atoms. The molecule has 0 aromatic heterocycles. The number of esters is 1. The Hall–Kier alpha value is -3.84. The molecule has 1 N–H and O–H groups in total. The van der Waals surface area contributed by atoms with Crippen LogP contribution in [-0.2, 0) is 42.4 Å². The van der Waals surface area contributed by atoms with Gasteiger partial charge in [0.25, 0.3) is 0 Å². The maximum absolute atomic E-state index is 13.6. The zero-order valence-electron chi connectivity index (χ0n) is 25.3. The second kappa shape index (κ2) is 16.3. The van der Waals surface area contributed by atoms with Crippen LogP contribution < -0.4 is 18.9 Å². The third kappa shape index (κ3) is 9.08. The highest BCUT2D eigenvalue weighted by Gasteiger charge is 2.39. The van der Waals surface area contributed by atoms with Crippen molar-refractivity contribution >= 4 is 21.9 Å². The molecule has 1 atom stereocenters. The second-order valence-electron chi connectivity index (χ2n) is 10.2. The van der Waals surface area contributed by atoms with E-state index in [1.807, 2.05) is 60.7 Å². The van der Waals surface area contributed by atoms with Gasteiger partial charge in [-0.15, -0.1) is 0 Å². The molecule has 1 heterocycles. The summed E-state index contributed by atoms with van der Waals surface area (Å²) in [6.07, 6.45) is 0.848. The number of anilines is 1. The molecule has 0 aliphatic carbocycles. The zero-order chi connectivity index (χ0) is 31.4. The van der Waals surface area contributed by atoms with Crippen molar-refractivity contribution in [3.63, 3.8) is 0 Å². The van der Waals surface area contributed by atoms with Gasteiger partial charge >= 0.3 is 16.2 Å². The summed E-state index contributed by atoms with van der Waals surface area (Å²) in [5, 5.41) is 0. The summed E-state index contributed by atoms with van der Waals surface area (Å²) < 4.78 is 64.6. The van der Waals surface area contributed by atoms with Crippen molar-refractivity contribution < 1.29 is 41.6 Å². The lowest BCUT2D eigenvalue weighted by molar-refractivity contribution is -0.162. The van der Waals surface area contributed by atoms with Crippen LogP contribution in [0.1, 0.15) is 30.4 Å². The van der Waals surface area contributed by atoms with E-state index in [0.717, 1.165) is 15.4 Å². The van der Waals surface area contributed by atoms with Crippen molar-refractivity contribution in [2.75, 3.05) is 45.8 Å². The van der Waals surface area contributed by atoms with Gasteiger partial charge in [0.05, 0.1) is 53.4 Å². The van der Waals surface area contributed by atoms with Crippen molar-refractivity contribution in [1.82, 2.24) is 4.31 Å². The number of hydrogen-bond donors (Lipinski definition) is 1. The van der Waals surface area contributed by atoms with Gasteiger partial charge in [-0.2, -0.15) is 12.7 Å². The van der Waals surface area contributed by atoms with E-state index in [2.05, 4.69) is 4.72 Å². The van der Waals surface area contributed by atoms with Crippen LogP contribution in [0, 0.1) is 0 Å². The Balaban J connectivity index is 1.46. The standard InChI is InChI=1S/C32H40N2O9S/c1-38-29-18-26(19-30(39-2)31(29)40-3)33-44(36,37)34-17-11-10-16-28(34)32(35)43-27(22-41-20-24-12-6-4-7-13-24)23-42-21-25-14-8-5-9-15-25/h4-9,12-15,18-19,27-28,33H,10-11,16-17,20-23H2,1-3H3/t28-/m0/s1. The smallest absolute Gasteiger partial charge is 0.324 e. The van der Waals surface area contributed by atoms with E-state index in [1.54, 1.807) is 0 Å². The van der Waals surface area contributed by atoms with Crippen LogP contribution >= 0.6 is 0 Å². The Morgan fingerprint density at radius 2 is 1.39 bits per heavy atom. The Labute approximate surface area is 259 Å². The number of hydrogen-bond acceptors (Lipinski definition) is 9. The van der Waals surface area contributed by atoms with Crippen LogP contribution in [0.3, 0.4) is 0 Å². The van der Waals surface area contributed by atoms with Crippen LogP contribution in [0.5, 0.6) is 17.2 Å². The highest BCUT2D eigenvalue weighted by Crippen LogP contribution is 2.40. The first kappa shape index (κ1) is 33.1. The van der Waals surface area contributed by atoms with Crippen LogP contribution in [-0.4, -0.2) is 71.9 Å². The predicted molar refractivity (Wildman–Crippen MR) is 165 cm³/mol. The van der Waals surface area contributed by atoms with Gasteiger partial charge in [-0.1, -0.05) is 60.7 Å². The molecule has 1 saturated heterocycles. The van der Waals surface area contributed by atoms with E-state index in [-0.39, 0.29) is 36.9 Å². The van der Waals surface area contributed by atoms with Gasteiger partial charge in [-0.25, -0.2) is 0 Å². The summed E-state index contributed by atoms with van der Waals surface area (Å²) in [6, 6.07) is 21.3. The molecule has 1 fully saturated rings. The summed E-state index contributed by atoms with van der Waals surface area (Å²) in [5.74, 6) is 0.241. The molecule has 0 bridgehead atoms. The number of nitrogens with zero attached hydrogens (tertiary/aromatic N) is 1. The van der Waals surface area contributed by atoms with Gasteiger partial charge in [0.2, 0.25) is 5.75 Å². The third-order valence-corrected chi connectivity index (χ3v) is 8.61. The molecule has 238 valence electrons. The number of benzene rings is 3. The Bertz CT molecular complexity index is 1370. The molecule has 12 heteroatoms. The van der Waals surface area contributed by atoms with Crippen LogP contribution in [0.4, 0.5) is 5.69 Å². The van der Waals surface area contributed by atoms with Gasteiger partial charge in [0, 0.05) is 18.7 Å². The molecule has 3 aromatic carbocycles. The molecular formula is C32H40N2O9S. The fraction of sp³-hybridized carbons (Fsp3) is 0.406. The van der Waals surface area contributed by atoms with Gasteiger partial charge in [-0.3, -0.25) is 9.52 Å². The molecule has 0 radical (unpaired) electrons. The molecule has 11 nitrogen and oxygen atoms in total. The topological polar surface area (TPSA) is 122 Å². The molecule has 44 heavy (non-hydrogen) atoms. The van der Waals surface area contributed by atoms with Crippen LogP contribution in [0.15, 0.2) is 72.8 Å². The molecular weight excluding hydrogens is 588 g/mol. The summed E-state index contributed by atoms with van der Waals surface area (Å²) in [6.45, 7) is 0.975. The number of piperidine rings is 1. The number of rotatable bonds is 16. The third-order valence-electron chi connectivity index (χ3n) is 7.06. The number of methoxy groups -OCH3 is 3. The lowest BCUT2D eigenvalue weighted by Crippen LogP contribution is -2.51. The molecule has 3 aromatic rings. The average molecular weight is 629 g/mol. The lowest BCUT2D eigenvalue weighted by Gasteiger charge is -2.34. The normalized spacial score (nSPS) is 15.5. The molecule has 4 rings (SSSR count). The SMILES string of the molecule is COc1cc(NS(=O)(=O)N2CCCC[C@H]2C(=O)OC(COCc2ccccc2)COCc2ccccc2)cc(OC)c1OC. The molecule has 0 amide bonds. The van der Waals surface area contributed by atoms with E-state index in [0.29, 0.717) is 38.2 Å². The molecule has 1 aliphatic heterocycles. The quantitative estimate of drug-likeness (QED) is 0.227. The zero-order valence-corrected chi connectivity index (χ0v) is 26.1. The summed E-state index contributed by atoms with van der Waals surface area (Å²) in [4.78, 5) is 13.5. The lowest BCUT2D eigenvalue weighted by atomic mass is 10.1. The fourth-order valence-electron chi connectivity index (χ4n) is 4.90. The summed E-state index contributed by atoms with van der Waals surface area (Å²) in [5.41, 5.74) is 2.15. The van der Waals surface area contributed by atoms with Crippen LogP contribution in [0.2, 0.25) is 0 Å². The number of carbonyl (C=O) groups excluding carboxylic acids is 1. The van der Waals surface area contributed by atoms with Crippen molar-refractivity contribution in [1.29, 1.82) is 0 Å². The van der Waals surface area contributed by atoms with Crippen molar-refractivity contribution in [3.05, 3.63) is 83.9 Å². The average Bonchev–Trinajstić information content (AvgIpc) is 3.05. The predicted octanol–water partition coefficient (Wildman–Crippen LogP) is 4.57. The van der Waals surface area contributed by atoms with Gasteiger partial charge in [0.1, 0.15) is 12.1 Å². The minimum absolute atomic E-state index is 0.0819. The largest absolute Gasteiger partial charge is 0.493 e. The number of carbonyl (C=O) groups is 1. The maximum atomic E-state index is 13.6. The Kier molecular flexibility index (Phi) is 12.2. The van der Waals surface area contributed by atoms with Gasteiger partial charge < -0.3 is 28.4 Å². The fourth-order valence-corrected chi connectivity index (χ4v) is 6.33. The van der Waals surface area contributed by atoms with E-state index in [1.165, 1.54) is 33.5 Å². The molecule has 0 unspecified atom stereocenters. The van der Waals surface area contributed by atoms with Crippen molar-refractivity contribution in [3.8, 4) is 17.2 Å². The Morgan fingerprint density at radius 3 is 1.89 bits per heavy atom.